The highest BCUT2D eigenvalue weighted by atomic mass is 35.5. The molecule has 3 aromatic carbocycles. The summed E-state index contributed by atoms with van der Waals surface area (Å²) >= 11 is 8.38. The molecule has 6 rings (SSSR count). The Kier molecular flexibility index (Phi) is 6.18. The summed E-state index contributed by atoms with van der Waals surface area (Å²) in [5, 5.41) is 0.542. The summed E-state index contributed by atoms with van der Waals surface area (Å²) in [5.41, 5.74) is 3.61. The topological polar surface area (TPSA) is 79.5 Å². The SMILES string of the molecule is Cc1ccc(COc2ccc([C@H]3c4sc(=O)[nH]c4SC4C(=O)N(c5ccc(Cl)cc5)C(=O)C43)cc2)cc1. The Labute approximate surface area is 226 Å². The Morgan fingerprint density at radius 3 is 2.32 bits per heavy atom. The first kappa shape index (κ1) is 24.0. The number of thioether (sulfide) groups is 1. The molecule has 37 heavy (non-hydrogen) atoms. The fourth-order valence-corrected chi connectivity index (χ4v) is 7.48. The molecule has 2 aliphatic heterocycles. The average molecular weight is 549 g/mol. The van der Waals surface area contributed by atoms with Crippen molar-refractivity contribution in [3.05, 3.63) is 109 Å². The number of imide groups is 1. The number of ether oxygens (including phenoxy) is 1. The molecule has 3 atom stereocenters. The maximum atomic E-state index is 13.7. The number of H-pyrrole nitrogens is 1. The van der Waals surface area contributed by atoms with Crippen LogP contribution in [-0.2, 0) is 16.2 Å². The minimum Gasteiger partial charge on any atom is -0.489 e. The summed E-state index contributed by atoms with van der Waals surface area (Å²) < 4.78 is 5.96. The van der Waals surface area contributed by atoms with Crippen LogP contribution in [-0.4, -0.2) is 22.0 Å². The third kappa shape index (κ3) is 4.39. The van der Waals surface area contributed by atoms with E-state index in [2.05, 4.69) is 4.98 Å². The van der Waals surface area contributed by atoms with Crippen LogP contribution in [0.3, 0.4) is 0 Å². The number of hydrogen-bond acceptors (Lipinski definition) is 6. The van der Waals surface area contributed by atoms with Gasteiger partial charge in [-0.25, -0.2) is 4.90 Å². The molecule has 0 bridgehead atoms. The molecule has 0 saturated carbocycles. The van der Waals surface area contributed by atoms with Crippen LogP contribution in [0.1, 0.15) is 27.5 Å². The summed E-state index contributed by atoms with van der Waals surface area (Å²) in [5.74, 6) is -0.925. The van der Waals surface area contributed by atoms with Crippen LogP contribution in [0.15, 0.2) is 82.6 Å². The molecule has 2 amide bonds. The van der Waals surface area contributed by atoms with Crippen LogP contribution in [0.25, 0.3) is 0 Å². The molecule has 4 aromatic rings. The van der Waals surface area contributed by atoms with Gasteiger partial charge in [-0.05, 0) is 54.4 Å². The fourth-order valence-electron chi connectivity index (χ4n) is 4.84. The largest absolute Gasteiger partial charge is 0.489 e. The monoisotopic (exact) mass is 548 g/mol. The quantitative estimate of drug-likeness (QED) is 0.320. The van der Waals surface area contributed by atoms with E-state index in [1.54, 1.807) is 24.3 Å². The Morgan fingerprint density at radius 2 is 1.62 bits per heavy atom. The summed E-state index contributed by atoms with van der Waals surface area (Å²) in [6.45, 7) is 2.48. The number of aryl methyl sites for hydroxylation is 1. The second kappa shape index (κ2) is 9.52. The molecule has 1 aromatic heterocycles. The Bertz CT molecular complexity index is 1550. The van der Waals surface area contributed by atoms with Crippen molar-refractivity contribution in [2.24, 2.45) is 5.92 Å². The number of thiazole rings is 1. The third-order valence-electron chi connectivity index (χ3n) is 6.67. The van der Waals surface area contributed by atoms with Crippen molar-refractivity contribution in [2.75, 3.05) is 4.90 Å². The van der Waals surface area contributed by atoms with E-state index < -0.39 is 17.1 Å². The van der Waals surface area contributed by atoms with Gasteiger partial charge in [-0.3, -0.25) is 14.4 Å². The zero-order valence-electron chi connectivity index (χ0n) is 19.6. The van der Waals surface area contributed by atoms with Gasteiger partial charge in [-0.2, -0.15) is 0 Å². The second-order valence-electron chi connectivity index (χ2n) is 9.08. The summed E-state index contributed by atoms with van der Waals surface area (Å²) in [6, 6.07) is 22.4. The molecule has 1 saturated heterocycles. The number of nitrogens with zero attached hydrogens (tertiary/aromatic N) is 1. The zero-order chi connectivity index (χ0) is 25.7. The van der Waals surface area contributed by atoms with Crippen molar-refractivity contribution >= 4 is 52.2 Å². The molecule has 0 spiro atoms. The van der Waals surface area contributed by atoms with Gasteiger partial charge < -0.3 is 9.72 Å². The van der Waals surface area contributed by atoms with E-state index in [4.69, 9.17) is 16.3 Å². The molecule has 2 unspecified atom stereocenters. The van der Waals surface area contributed by atoms with Gasteiger partial charge in [0, 0.05) is 15.8 Å². The number of benzene rings is 3. The number of fused-ring (bicyclic) bond motifs is 2. The number of halogens is 1. The maximum absolute atomic E-state index is 13.7. The van der Waals surface area contributed by atoms with Crippen molar-refractivity contribution in [1.29, 1.82) is 0 Å². The van der Waals surface area contributed by atoms with E-state index in [1.807, 2.05) is 55.5 Å². The molecule has 9 heteroatoms. The van der Waals surface area contributed by atoms with Crippen LogP contribution < -0.4 is 14.5 Å². The number of aromatic nitrogens is 1. The molecule has 186 valence electrons. The Balaban J connectivity index is 1.32. The maximum Gasteiger partial charge on any atom is 0.305 e. The smallest absolute Gasteiger partial charge is 0.305 e. The van der Waals surface area contributed by atoms with E-state index >= 15 is 0 Å². The minimum absolute atomic E-state index is 0.199. The van der Waals surface area contributed by atoms with Gasteiger partial charge in [0.05, 0.1) is 16.6 Å². The van der Waals surface area contributed by atoms with Gasteiger partial charge in [0.2, 0.25) is 11.8 Å². The number of amides is 2. The van der Waals surface area contributed by atoms with Gasteiger partial charge in [-0.1, -0.05) is 76.7 Å². The van der Waals surface area contributed by atoms with E-state index in [0.29, 0.717) is 28.1 Å². The van der Waals surface area contributed by atoms with Gasteiger partial charge in [0.1, 0.15) is 17.6 Å². The van der Waals surface area contributed by atoms with Gasteiger partial charge >= 0.3 is 4.87 Å². The molecule has 2 aliphatic rings. The standard InChI is InChI=1S/C28H21ClN2O4S2/c1-15-2-4-16(5-3-15)14-35-20-12-6-17(7-13-20)21-22-24(36-25-23(21)37-28(34)30-25)27(33)31(26(22)32)19-10-8-18(29)9-11-19/h2-13,21-22,24H,14H2,1H3,(H,30,34)/t21-,22?,24?/m1/s1. The molecule has 0 aliphatic carbocycles. The average Bonchev–Trinajstić information content (AvgIpc) is 3.39. The van der Waals surface area contributed by atoms with E-state index in [9.17, 15) is 14.4 Å². The third-order valence-corrected chi connectivity index (χ3v) is 9.33. The predicted octanol–water partition coefficient (Wildman–Crippen LogP) is 5.77. The summed E-state index contributed by atoms with van der Waals surface area (Å²) in [4.78, 5) is 44.2. The minimum atomic E-state index is -0.636. The van der Waals surface area contributed by atoms with Crippen molar-refractivity contribution in [1.82, 2.24) is 4.98 Å². The summed E-state index contributed by atoms with van der Waals surface area (Å²) in [6.07, 6.45) is 0. The first-order valence-corrected chi connectivity index (χ1v) is 13.8. The highest BCUT2D eigenvalue weighted by Crippen LogP contribution is 2.53. The lowest BCUT2D eigenvalue weighted by Gasteiger charge is -2.29. The van der Waals surface area contributed by atoms with E-state index in [0.717, 1.165) is 27.3 Å². The number of nitrogens with one attached hydrogen (secondary N) is 1. The van der Waals surface area contributed by atoms with Gasteiger partial charge in [0.25, 0.3) is 0 Å². The van der Waals surface area contributed by atoms with Crippen LogP contribution in [0.2, 0.25) is 5.02 Å². The lowest BCUT2D eigenvalue weighted by Crippen LogP contribution is -2.32. The number of rotatable bonds is 5. The molecule has 3 heterocycles. The normalized spacial score (nSPS) is 20.6. The number of carbonyl (C=O) groups excluding carboxylic acids is 2. The molecule has 0 radical (unpaired) electrons. The van der Waals surface area contributed by atoms with Crippen LogP contribution >= 0.6 is 34.7 Å². The second-order valence-corrected chi connectivity index (χ2v) is 11.7. The van der Waals surface area contributed by atoms with Crippen LogP contribution in [0, 0.1) is 12.8 Å². The Hall–Kier alpha value is -3.33. The summed E-state index contributed by atoms with van der Waals surface area (Å²) in [7, 11) is 0. The number of carbonyl (C=O) groups is 2. The zero-order valence-corrected chi connectivity index (χ0v) is 22.0. The number of hydrogen-bond donors (Lipinski definition) is 1. The first-order chi connectivity index (χ1) is 17.9. The Morgan fingerprint density at radius 1 is 0.919 bits per heavy atom. The van der Waals surface area contributed by atoms with Crippen LogP contribution in [0.4, 0.5) is 5.69 Å². The lowest BCUT2D eigenvalue weighted by atomic mass is 9.83. The molecule has 1 fully saturated rings. The number of anilines is 1. The first-order valence-electron chi connectivity index (χ1n) is 11.7. The highest BCUT2D eigenvalue weighted by molar-refractivity contribution is 8.00. The van der Waals surface area contributed by atoms with Gasteiger partial charge in [0.15, 0.2) is 0 Å². The van der Waals surface area contributed by atoms with Crippen molar-refractivity contribution in [2.45, 2.75) is 29.7 Å². The molecular weight excluding hydrogens is 528 g/mol. The van der Waals surface area contributed by atoms with Crippen molar-refractivity contribution in [3.63, 3.8) is 0 Å². The van der Waals surface area contributed by atoms with E-state index in [1.165, 1.54) is 22.2 Å². The fraction of sp³-hybridized carbons (Fsp3) is 0.179. The van der Waals surface area contributed by atoms with Gasteiger partial charge in [-0.15, -0.1) is 0 Å². The lowest BCUT2D eigenvalue weighted by molar-refractivity contribution is -0.122. The number of aromatic amines is 1. The molecule has 6 nitrogen and oxygen atoms in total. The van der Waals surface area contributed by atoms with Crippen LogP contribution in [0.5, 0.6) is 5.75 Å². The highest BCUT2D eigenvalue weighted by Gasteiger charge is 2.56. The van der Waals surface area contributed by atoms with Crippen molar-refractivity contribution < 1.29 is 14.3 Å². The predicted molar refractivity (Wildman–Crippen MR) is 146 cm³/mol. The van der Waals surface area contributed by atoms with Crippen molar-refractivity contribution in [3.8, 4) is 5.75 Å². The molecular formula is C28H21ClN2O4S2. The molecule has 1 N–H and O–H groups in total. The van der Waals surface area contributed by atoms with E-state index in [-0.39, 0.29) is 16.7 Å².